The molecule has 0 radical (unpaired) electrons. The van der Waals surface area contributed by atoms with Gasteiger partial charge in [-0.05, 0) is 38.1 Å². The quantitative estimate of drug-likeness (QED) is 0.653. The predicted octanol–water partition coefficient (Wildman–Crippen LogP) is 1.59. The van der Waals surface area contributed by atoms with Crippen LogP contribution in [-0.2, 0) is 14.4 Å². The number of nitrogens with one attached hydrogen (secondary N) is 1. The Hall–Kier alpha value is -2.94. The fourth-order valence-corrected chi connectivity index (χ4v) is 5.01. The van der Waals surface area contributed by atoms with Gasteiger partial charge in [-0.15, -0.1) is 0 Å². The molecule has 2 saturated heterocycles. The number of carbonyl (C=O) groups excluding carboxylic acids is 4. The summed E-state index contributed by atoms with van der Waals surface area (Å²) in [6.07, 6.45) is 3.44. The molecule has 1 N–H and O–H groups in total. The first-order valence-corrected chi connectivity index (χ1v) is 11.7. The largest absolute Gasteiger partial charge is 0.495 e. The van der Waals surface area contributed by atoms with Gasteiger partial charge >= 0.3 is 0 Å². The minimum atomic E-state index is -0.340. The highest BCUT2D eigenvalue weighted by molar-refractivity contribution is 6.05. The van der Waals surface area contributed by atoms with Crippen LogP contribution in [0.5, 0.6) is 5.75 Å². The van der Waals surface area contributed by atoms with E-state index in [-0.39, 0.29) is 48.4 Å². The molecular formula is C24H32N4O5. The van der Waals surface area contributed by atoms with E-state index in [4.69, 9.17) is 4.74 Å². The van der Waals surface area contributed by atoms with Gasteiger partial charge in [0.25, 0.3) is 5.91 Å². The van der Waals surface area contributed by atoms with Gasteiger partial charge in [0.2, 0.25) is 17.7 Å². The normalized spacial score (nSPS) is 23.5. The van der Waals surface area contributed by atoms with E-state index in [1.54, 1.807) is 23.1 Å². The topological polar surface area (TPSA) is 99.3 Å². The van der Waals surface area contributed by atoms with Crippen molar-refractivity contribution in [2.75, 3.05) is 52.2 Å². The zero-order valence-corrected chi connectivity index (χ0v) is 19.3. The number of hydrogen-bond donors (Lipinski definition) is 1. The molecule has 4 rings (SSSR count). The Bertz CT molecular complexity index is 917. The number of methoxy groups -OCH3 is 1. The van der Waals surface area contributed by atoms with Gasteiger partial charge in [-0.2, -0.15) is 0 Å². The van der Waals surface area contributed by atoms with Crippen molar-refractivity contribution in [1.29, 1.82) is 0 Å². The highest BCUT2D eigenvalue weighted by Crippen LogP contribution is 2.38. The molecule has 1 aromatic carbocycles. The number of ether oxygens (including phenoxy) is 1. The molecule has 3 fully saturated rings. The SMILES string of the molecule is COc1ccc(C(=O)N2CCN(C)CC2)cc1NC(=O)CCN1C(=O)C2CCCCC2C1=O. The Morgan fingerprint density at radius 2 is 1.67 bits per heavy atom. The van der Waals surface area contributed by atoms with Gasteiger partial charge in [0.15, 0.2) is 0 Å². The van der Waals surface area contributed by atoms with E-state index in [1.165, 1.54) is 12.0 Å². The van der Waals surface area contributed by atoms with E-state index < -0.39 is 0 Å². The van der Waals surface area contributed by atoms with Crippen molar-refractivity contribution < 1.29 is 23.9 Å². The lowest BCUT2D eigenvalue weighted by Gasteiger charge is -2.32. The molecule has 4 amide bonds. The molecule has 2 atom stereocenters. The van der Waals surface area contributed by atoms with Gasteiger partial charge in [-0.25, -0.2) is 0 Å². The Kier molecular flexibility index (Phi) is 6.97. The van der Waals surface area contributed by atoms with Crippen molar-refractivity contribution in [1.82, 2.24) is 14.7 Å². The molecule has 178 valence electrons. The number of rotatable bonds is 6. The van der Waals surface area contributed by atoms with Crippen molar-refractivity contribution in [2.45, 2.75) is 32.1 Å². The maximum absolute atomic E-state index is 12.9. The highest BCUT2D eigenvalue weighted by atomic mass is 16.5. The summed E-state index contributed by atoms with van der Waals surface area (Å²) >= 11 is 0. The molecule has 33 heavy (non-hydrogen) atoms. The third-order valence-corrected chi connectivity index (χ3v) is 7.01. The van der Waals surface area contributed by atoms with Gasteiger partial charge in [-0.1, -0.05) is 12.8 Å². The number of anilines is 1. The predicted molar refractivity (Wildman–Crippen MR) is 122 cm³/mol. The Labute approximate surface area is 194 Å². The van der Waals surface area contributed by atoms with Crippen LogP contribution in [0.25, 0.3) is 0 Å². The second-order valence-electron chi connectivity index (χ2n) is 9.13. The molecule has 0 spiro atoms. The molecule has 3 aliphatic rings. The number of likely N-dealkylation sites (N-methyl/N-ethyl adjacent to an activating group) is 1. The Balaban J connectivity index is 1.39. The summed E-state index contributed by atoms with van der Waals surface area (Å²) < 4.78 is 5.35. The Morgan fingerprint density at radius 1 is 1.03 bits per heavy atom. The van der Waals surface area contributed by atoms with Crippen LogP contribution >= 0.6 is 0 Å². The summed E-state index contributed by atoms with van der Waals surface area (Å²) in [5.41, 5.74) is 0.875. The first-order chi connectivity index (χ1) is 15.9. The number of carbonyl (C=O) groups is 4. The number of benzene rings is 1. The molecule has 9 heteroatoms. The molecule has 0 aromatic heterocycles. The minimum Gasteiger partial charge on any atom is -0.495 e. The summed E-state index contributed by atoms with van der Waals surface area (Å²) in [5.74, 6) is -0.703. The number of fused-ring (bicyclic) bond motifs is 1. The molecule has 9 nitrogen and oxygen atoms in total. The summed E-state index contributed by atoms with van der Waals surface area (Å²) in [5, 5.41) is 2.79. The maximum atomic E-state index is 12.9. The summed E-state index contributed by atoms with van der Waals surface area (Å²) in [6, 6.07) is 4.98. The average molecular weight is 457 g/mol. The van der Waals surface area contributed by atoms with Gasteiger partial charge in [0, 0.05) is 44.7 Å². The third-order valence-electron chi connectivity index (χ3n) is 7.01. The minimum absolute atomic E-state index is 0.00327. The highest BCUT2D eigenvalue weighted by Gasteiger charge is 2.47. The van der Waals surface area contributed by atoms with Crippen LogP contribution in [0.3, 0.4) is 0 Å². The van der Waals surface area contributed by atoms with Crippen molar-refractivity contribution in [3.63, 3.8) is 0 Å². The second kappa shape index (κ2) is 9.91. The van der Waals surface area contributed by atoms with Gasteiger partial charge in [0.1, 0.15) is 5.75 Å². The van der Waals surface area contributed by atoms with E-state index >= 15 is 0 Å². The second-order valence-corrected chi connectivity index (χ2v) is 9.13. The van der Waals surface area contributed by atoms with Crippen molar-refractivity contribution in [3.8, 4) is 5.75 Å². The first kappa shape index (κ1) is 23.2. The maximum Gasteiger partial charge on any atom is 0.254 e. The number of hydrogen-bond acceptors (Lipinski definition) is 6. The van der Waals surface area contributed by atoms with E-state index in [1.807, 2.05) is 7.05 Å². The van der Waals surface area contributed by atoms with Crippen LogP contribution < -0.4 is 10.1 Å². The summed E-state index contributed by atoms with van der Waals surface area (Å²) in [4.78, 5) is 56.1. The van der Waals surface area contributed by atoms with E-state index in [0.29, 0.717) is 30.1 Å². The molecule has 2 aliphatic heterocycles. The number of likely N-dealkylation sites (tertiary alicyclic amines) is 1. The summed E-state index contributed by atoms with van der Waals surface area (Å²) in [7, 11) is 3.52. The van der Waals surface area contributed by atoms with Crippen molar-refractivity contribution in [3.05, 3.63) is 23.8 Å². The monoisotopic (exact) mass is 456 g/mol. The summed E-state index contributed by atoms with van der Waals surface area (Å²) in [6.45, 7) is 3.02. The fraction of sp³-hybridized carbons (Fsp3) is 0.583. The lowest BCUT2D eigenvalue weighted by atomic mass is 9.81. The number of nitrogens with zero attached hydrogens (tertiary/aromatic N) is 3. The van der Waals surface area contributed by atoms with E-state index in [0.717, 1.165) is 38.8 Å². The Morgan fingerprint density at radius 3 is 2.27 bits per heavy atom. The smallest absolute Gasteiger partial charge is 0.254 e. The van der Waals surface area contributed by atoms with Gasteiger partial charge in [-0.3, -0.25) is 24.1 Å². The molecular weight excluding hydrogens is 424 g/mol. The van der Waals surface area contributed by atoms with Crippen molar-refractivity contribution in [2.24, 2.45) is 11.8 Å². The molecule has 2 heterocycles. The van der Waals surface area contributed by atoms with Crippen LogP contribution in [0.2, 0.25) is 0 Å². The van der Waals surface area contributed by atoms with Crippen LogP contribution in [0.15, 0.2) is 18.2 Å². The molecule has 1 aromatic rings. The molecule has 1 aliphatic carbocycles. The van der Waals surface area contributed by atoms with E-state index in [9.17, 15) is 19.2 Å². The zero-order valence-electron chi connectivity index (χ0n) is 19.3. The van der Waals surface area contributed by atoms with Crippen LogP contribution in [0.4, 0.5) is 5.69 Å². The zero-order chi connectivity index (χ0) is 23.5. The van der Waals surface area contributed by atoms with E-state index in [2.05, 4.69) is 10.2 Å². The van der Waals surface area contributed by atoms with Crippen LogP contribution in [0.1, 0.15) is 42.5 Å². The third kappa shape index (κ3) is 4.88. The fourth-order valence-electron chi connectivity index (χ4n) is 5.01. The number of imide groups is 1. The molecule has 1 saturated carbocycles. The van der Waals surface area contributed by atoms with Crippen LogP contribution in [0, 0.1) is 11.8 Å². The standard InChI is InChI=1S/C24H32N4O5/c1-26-11-13-27(14-12-26)22(30)16-7-8-20(33-2)19(15-16)25-21(29)9-10-28-23(31)17-5-3-4-6-18(17)24(28)32/h7-8,15,17-18H,3-6,9-14H2,1-2H3,(H,25,29). The van der Waals surface area contributed by atoms with Gasteiger partial charge < -0.3 is 19.9 Å². The van der Waals surface area contributed by atoms with Gasteiger partial charge in [0.05, 0.1) is 24.6 Å². The van der Waals surface area contributed by atoms with Crippen LogP contribution in [-0.4, -0.2) is 85.2 Å². The molecule has 0 bridgehead atoms. The molecule has 2 unspecified atom stereocenters. The number of amides is 4. The number of piperazine rings is 1. The lowest BCUT2D eigenvalue weighted by Crippen LogP contribution is -2.47. The van der Waals surface area contributed by atoms with Crippen molar-refractivity contribution >= 4 is 29.3 Å². The lowest BCUT2D eigenvalue weighted by molar-refractivity contribution is -0.140. The average Bonchev–Trinajstić information content (AvgIpc) is 3.07. The first-order valence-electron chi connectivity index (χ1n) is 11.7.